The molecular weight excluding hydrogens is 512 g/mol. The van der Waals surface area contributed by atoms with Crippen molar-refractivity contribution in [2.45, 2.75) is 82.8 Å². The molecule has 11 nitrogen and oxygen atoms in total. The molecule has 3 aliphatic rings. The molecule has 0 spiro atoms. The minimum absolute atomic E-state index is 0.0169. The molecule has 0 aromatic heterocycles. The fourth-order valence-electron chi connectivity index (χ4n) is 5.96. The fourth-order valence-corrected chi connectivity index (χ4v) is 5.96. The van der Waals surface area contributed by atoms with Crippen LogP contribution in [0.25, 0.3) is 0 Å². The lowest BCUT2D eigenvalue weighted by Crippen LogP contribution is -2.59. The smallest absolute Gasteiger partial charge is 0.408 e. The number of ether oxygens (including phenoxy) is 1. The highest BCUT2D eigenvalue weighted by atomic mass is 16.6. The number of amides is 4. The lowest BCUT2D eigenvalue weighted by atomic mass is 10.0. The summed E-state index contributed by atoms with van der Waals surface area (Å²) in [6.07, 6.45) is 1.26. The normalized spacial score (nSPS) is 24.0. The first-order valence-electron chi connectivity index (χ1n) is 13.9. The molecule has 5 atom stereocenters. The van der Waals surface area contributed by atoms with E-state index in [0.717, 1.165) is 12.0 Å². The maximum absolute atomic E-state index is 13.5. The van der Waals surface area contributed by atoms with Gasteiger partial charge in [-0.25, -0.2) is 4.79 Å². The summed E-state index contributed by atoms with van der Waals surface area (Å²) in [5.41, 5.74) is 0.794. The number of nitrogens with zero attached hydrogens (tertiary/aromatic N) is 5. The molecule has 40 heavy (non-hydrogen) atoms. The molecule has 0 saturated carbocycles. The maximum Gasteiger partial charge on any atom is 0.408 e. The van der Waals surface area contributed by atoms with Crippen molar-refractivity contribution in [2.75, 3.05) is 33.7 Å². The Labute approximate surface area is 236 Å². The number of rotatable bonds is 7. The van der Waals surface area contributed by atoms with Gasteiger partial charge in [0.2, 0.25) is 11.8 Å². The highest BCUT2D eigenvalue weighted by molar-refractivity contribution is 5.94. The Balaban J connectivity index is 1.46. The van der Waals surface area contributed by atoms with Crippen LogP contribution in [0.4, 0.5) is 4.79 Å². The average molecular weight is 553 g/mol. The summed E-state index contributed by atoms with van der Waals surface area (Å²) < 4.78 is 5.41. The zero-order chi connectivity index (χ0) is 29.4. The van der Waals surface area contributed by atoms with E-state index in [2.05, 4.69) is 11.4 Å². The Morgan fingerprint density at radius 3 is 2.45 bits per heavy atom. The van der Waals surface area contributed by atoms with Crippen molar-refractivity contribution in [3.05, 3.63) is 35.4 Å². The number of carbonyl (C=O) groups is 4. The molecule has 1 N–H and O–H groups in total. The Morgan fingerprint density at radius 2 is 1.88 bits per heavy atom. The van der Waals surface area contributed by atoms with E-state index >= 15 is 0 Å². The number of alkyl carbamates (subject to hydrolysis) is 1. The van der Waals surface area contributed by atoms with Crippen LogP contribution in [0, 0.1) is 11.3 Å². The molecule has 4 rings (SSSR count). The van der Waals surface area contributed by atoms with Crippen LogP contribution in [0.2, 0.25) is 0 Å². The van der Waals surface area contributed by atoms with Crippen LogP contribution in [0.1, 0.15) is 68.9 Å². The molecule has 0 aliphatic carbocycles. The molecule has 216 valence electrons. The van der Waals surface area contributed by atoms with Crippen molar-refractivity contribution < 1.29 is 23.9 Å². The predicted octanol–water partition coefficient (Wildman–Crippen LogP) is 2.14. The highest BCUT2D eigenvalue weighted by Crippen LogP contribution is 2.38. The second-order valence-electron chi connectivity index (χ2n) is 12.1. The van der Waals surface area contributed by atoms with Crippen molar-refractivity contribution in [1.29, 1.82) is 5.26 Å². The topological polar surface area (TPSA) is 126 Å². The summed E-state index contributed by atoms with van der Waals surface area (Å²) in [6.45, 7) is 8.41. The van der Waals surface area contributed by atoms with Gasteiger partial charge in [-0.2, -0.15) is 5.26 Å². The maximum atomic E-state index is 13.5. The number of piperazine rings is 1. The molecule has 3 heterocycles. The van der Waals surface area contributed by atoms with Crippen LogP contribution >= 0.6 is 0 Å². The van der Waals surface area contributed by atoms with Gasteiger partial charge in [-0.3, -0.25) is 19.3 Å². The van der Waals surface area contributed by atoms with Gasteiger partial charge in [0.15, 0.2) is 0 Å². The molecule has 3 aliphatic heterocycles. The first kappa shape index (κ1) is 29.3. The van der Waals surface area contributed by atoms with Crippen LogP contribution in [-0.2, 0) is 14.3 Å². The fraction of sp³-hybridized carbons (Fsp3) is 0.621. The Morgan fingerprint density at radius 1 is 1.20 bits per heavy atom. The summed E-state index contributed by atoms with van der Waals surface area (Å²) >= 11 is 0. The quantitative estimate of drug-likeness (QED) is 0.549. The second-order valence-corrected chi connectivity index (χ2v) is 12.1. The van der Waals surface area contributed by atoms with E-state index in [9.17, 15) is 24.4 Å². The summed E-state index contributed by atoms with van der Waals surface area (Å²) in [6, 6.07) is 7.45. The summed E-state index contributed by atoms with van der Waals surface area (Å²) in [4.78, 5) is 58.9. The predicted molar refractivity (Wildman–Crippen MR) is 147 cm³/mol. The monoisotopic (exact) mass is 552 g/mol. The molecule has 3 fully saturated rings. The number of likely N-dealkylation sites (tertiary alicyclic amines) is 3. The van der Waals surface area contributed by atoms with E-state index in [4.69, 9.17) is 4.74 Å². The molecule has 11 heteroatoms. The minimum Gasteiger partial charge on any atom is -0.444 e. The molecule has 1 aromatic rings. The number of hydrogen-bond donors (Lipinski definition) is 1. The Hall–Kier alpha value is -3.65. The zero-order valence-corrected chi connectivity index (χ0v) is 24.2. The minimum atomic E-state index is -0.941. The molecule has 3 saturated heterocycles. The van der Waals surface area contributed by atoms with Crippen LogP contribution < -0.4 is 5.32 Å². The Kier molecular flexibility index (Phi) is 8.40. The van der Waals surface area contributed by atoms with Crippen LogP contribution in [-0.4, -0.2) is 107 Å². The molecule has 1 aromatic carbocycles. The van der Waals surface area contributed by atoms with Gasteiger partial charge in [0.1, 0.15) is 17.7 Å². The second kappa shape index (κ2) is 11.5. The third-order valence-corrected chi connectivity index (χ3v) is 7.87. The Bertz CT molecular complexity index is 1190. The number of hydrogen-bond acceptors (Lipinski definition) is 7. The van der Waals surface area contributed by atoms with Gasteiger partial charge >= 0.3 is 6.09 Å². The summed E-state index contributed by atoms with van der Waals surface area (Å²) in [7, 11) is 3.41. The van der Waals surface area contributed by atoms with Gasteiger partial charge in [0.05, 0.1) is 18.2 Å². The van der Waals surface area contributed by atoms with Gasteiger partial charge in [0.25, 0.3) is 5.91 Å². The molecule has 0 unspecified atom stereocenters. The number of nitrogens with one attached hydrogen (secondary N) is 1. The van der Waals surface area contributed by atoms with Crippen molar-refractivity contribution >= 4 is 23.8 Å². The van der Waals surface area contributed by atoms with E-state index in [0.29, 0.717) is 31.5 Å². The van der Waals surface area contributed by atoms with Crippen molar-refractivity contribution in [1.82, 2.24) is 24.9 Å². The van der Waals surface area contributed by atoms with Crippen molar-refractivity contribution in [3.63, 3.8) is 0 Å². The largest absolute Gasteiger partial charge is 0.444 e. The van der Waals surface area contributed by atoms with Crippen LogP contribution in [0.15, 0.2) is 24.3 Å². The lowest BCUT2D eigenvalue weighted by molar-refractivity contribution is -0.141. The first-order valence-corrected chi connectivity index (χ1v) is 13.9. The summed E-state index contributed by atoms with van der Waals surface area (Å²) in [5, 5.41) is 12.2. The first-order chi connectivity index (χ1) is 18.8. The van der Waals surface area contributed by atoms with Crippen LogP contribution in [0.3, 0.4) is 0 Å². The third-order valence-electron chi connectivity index (χ3n) is 7.87. The average Bonchev–Trinajstić information content (AvgIpc) is 3.60. The van der Waals surface area contributed by atoms with E-state index in [-0.39, 0.29) is 36.3 Å². The lowest BCUT2D eigenvalue weighted by Gasteiger charge is -2.39. The SMILES string of the molecule is C[C@H](c1ccc(C(=O)N(C)C)cc1)N1C(=O)[C@@H]2C[C@H]1CN2C[C@H](NC(=O)OC(C)(C)C)C(=O)N1CCC[C@H]1C#N. The van der Waals surface area contributed by atoms with E-state index < -0.39 is 29.8 Å². The van der Waals surface area contributed by atoms with Crippen LogP contribution in [0.5, 0.6) is 0 Å². The van der Waals surface area contributed by atoms with Crippen molar-refractivity contribution in [3.8, 4) is 6.07 Å². The van der Waals surface area contributed by atoms with E-state index in [1.807, 2.05) is 28.9 Å². The van der Waals surface area contributed by atoms with E-state index in [1.165, 1.54) is 9.80 Å². The molecule has 0 radical (unpaired) electrons. The zero-order valence-electron chi connectivity index (χ0n) is 24.2. The number of carbonyl (C=O) groups excluding carboxylic acids is 4. The number of benzene rings is 1. The van der Waals surface area contributed by atoms with Gasteiger partial charge in [0, 0.05) is 45.3 Å². The standard InChI is InChI=1S/C29H40N6O5/c1-18(19-9-11-20(12-10-19)25(36)32(5)6)35-22-14-24(27(35)38)33(16-22)17-23(31-28(39)40-29(2,3)4)26(37)34-13-7-8-21(34)15-30/h9-12,18,21-24H,7-8,13-14,16-17H2,1-6H3,(H,31,39)/t18-,21+,22+,23+,24+/m1/s1. The molecule has 4 amide bonds. The van der Waals surface area contributed by atoms with Gasteiger partial charge in [-0.15, -0.1) is 0 Å². The third kappa shape index (κ3) is 6.07. The van der Waals surface area contributed by atoms with E-state index in [1.54, 1.807) is 47.0 Å². The van der Waals surface area contributed by atoms with Gasteiger partial charge < -0.3 is 24.8 Å². The summed E-state index contributed by atoms with van der Waals surface area (Å²) in [5.74, 6) is -0.426. The van der Waals surface area contributed by atoms with Gasteiger partial charge in [-0.1, -0.05) is 12.1 Å². The number of nitriles is 1. The number of fused-ring (bicyclic) bond motifs is 2. The van der Waals surface area contributed by atoms with Gasteiger partial charge in [-0.05, 0) is 64.7 Å². The molecule has 2 bridgehead atoms. The molecular formula is C29H40N6O5. The van der Waals surface area contributed by atoms with Crippen molar-refractivity contribution in [2.24, 2.45) is 0 Å². The highest BCUT2D eigenvalue weighted by Gasteiger charge is 2.52.